The Morgan fingerprint density at radius 3 is 3.00 bits per heavy atom. The molecular formula is C13H13ClN2O. The summed E-state index contributed by atoms with van der Waals surface area (Å²) in [4.78, 5) is 15.4. The third kappa shape index (κ3) is 2.39. The van der Waals surface area contributed by atoms with E-state index in [4.69, 9.17) is 11.6 Å². The standard InChI is InChI=1S/C13H13ClN2O/c1-2-6-16-7-5-15-13(16)12-4-3-11(14)8-10(12)9-17/h3-5,7-9H,2,6H2,1H3. The zero-order valence-corrected chi connectivity index (χ0v) is 10.3. The summed E-state index contributed by atoms with van der Waals surface area (Å²) in [7, 11) is 0. The number of imidazole rings is 1. The summed E-state index contributed by atoms with van der Waals surface area (Å²) in [6, 6.07) is 5.27. The van der Waals surface area contributed by atoms with Gasteiger partial charge in [0.2, 0.25) is 0 Å². The maximum absolute atomic E-state index is 11.0. The molecule has 0 amide bonds. The Kier molecular flexibility index (Phi) is 3.59. The third-order valence-electron chi connectivity index (χ3n) is 2.56. The van der Waals surface area contributed by atoms with Gasteiger partial charge in [-0.25, -0.2) is 4.98 Å². The lowest BCUT2D eigenvalue weighted by Gasteiger charge is -2.08. The molecule has 0 fully saturated rings. The van der Waals surface area contributed by atoms with Crippen molar-refractivity contribution in [2.45, 2.75) is 19.9 Å². The van der Waals surface area contributed by atoms with Gasteiger partial charge in [-0.15, -0.1) is 0 Å². The Morgan fingerprint density at radius 2 is 2.29 bits per heavy atom. The summed E-state index contributed by atoms with van der Waals surface area (Å²) in [5, 5.41) is 0.560. The van der Waals surface area contributed by atoms with Crippen LogP contribution >= 0.6 is 11.6 Å². The van der Waals surface area contributed by atoms with Crippen molar-refractivity contribution in [1.82, 2.24) is 9.55 Å². The molecule has 0 aliphatic rings. The predicted octanol–water partition coefficient (Wildman–Crippen LogP) is 3.43. The van der Waals surface area contributed by atoms with Crippen molar-refractivity contribution in [2.24, 2.45) is 0 Å². The molecule has 0 spiro atoms. The molecule has 3 nitrogen and oxygen atoms in total. The molecule has 0 saturated carbocycles. The lowest BCUT2D eigenvalue weighted by molar-refractivity contribution is 0.112. The number of carbonyl (C=O) groups is 1. The smallest absolute Gasteiger partial charge is 0.150 e. The van der Waals surface area contributed by atoms with Crippen molar-refractivity contribution in [2.75, 3.05) is 0 Å². The van der Waals surface area contributed by atoms with E-state index in [1.54, 1.807) is 18.3 Å². The van der Waals surface area contributed by atoms with Gasteiger partial charge in [0.15, 0.2) is 6.29 Å². The number of aldehydes is 1. The van der Waals surface area contributed by atoms with E-state index in [2.05, 4.69) is 11.9 Å². The number of aryl methyl sites for hydroxylation is 1. The highest BCUT2D eigenvalue weighted by Gasteiger charge is 2.10. The van der Waals surface area contributed by atoms with E-state index < -0.39 is 0 Å². The molecule has 4 heteroatoms. The number of rotatable bonds is 4. The Labute approximate surface area is 105 Å². The van der Waals surface area contributed by atoms with Crippen LogP contribution in [0.3, 0.4) is 0 Å². The molecule has 0 aliphatic heterocycles. The SMILES string of the molecule is CCCn1ccnc1-c1ccc(Cl)cc1C=O. The van der Waals surface area contributed by atoms with Gasteiger partial charge in [0, 0.05) is 35.1 Å². The van der Waals surface area contributed by atoms with E-state index >= 15 is 0 Å². The first-order valence-electron chi connectivity index (χ1n) is 5.52. The number of carbonyl (C=O) groups excluding carboxylic acids is 1. The zero-order chi connectivity index (χ0) is 12.3. The molecular weight excluding hydrogens is 236 g/mol. The van der Waals surface area contributed by atoms with Crippen LogP contribution < -0.4 is 0 Å². The van der Waals surface area contributed by atoms with Gasteiger partial charge in [-0.1, -0.05) is 18.5 Å². The van der Waals surface area contributed by atoms with Gasteiger partial charge in [0.1, 0.15) is 5.82 Å². The van der Waals surface area contributed by atoms with Crippen molar-refractivity contribution in [1.29, 1.82) is 0 Å². The van der Waals surface area contributed by atoms with E-state index in [0.29, 0.717) is 10.6 Å². The van der Waals surface area contributed by atoms with Gasteiger partial charge < -0.3 is 4.57 Å². The highest BCUT2D eigenvalue weighted by atomic mass is 35.5. The molecule has 17 heavy (non-hydrogen) atoms. The number of aromatic nitrogens is 2. The van der Waals surface area contributed by atoms with E-state index in [9.17, 15) is 4.79 Å². The first-order valence-corrected chi connectivity index (χ1v) is 5.90. The largest absolute Gasteiger partial charge is 0.331 e. The number of halogens is 1. The molecule has 0 atom stereocenters. The summed E-state index contributed by atoms with van der Waals surface area (Å²) >= 11 is 5.87. The minimum atomic E-state index is 0.560. The number of benzene rings is 1. The minimum Gasteiger partial charge on any atom is -0.331 e. The number of hydrogen-bond acceptors (Lipinski definition) is 2. The van der Waals surface area contributed by atoms with Gasteiger partial charge in [-0.2, -0.15) is 0 Å². The number of hydrogen-bond donors (Lipinski definition) is 0. The molecule has 0 unspecified atom stereocenters. The van der Waals surface area contributed by atoms with Crippen molar-refractivity contribution < 1.29 is 4.79 Å². The monoisotopic (exact) mass is 248 g/mol. The maximum Gasteiger partial charge on any atom is 0.150 e. The second kappa shape index (κ2) is 5.15. The molecule has 0 bridgehead atoms. The van der Waals surface area contributed by atoms with Crippen LogP contribution in [0.25, 0.3) is 11.4 Å². The topological polar surface area (TPSA) is 34.9 Å². The van der Waals surface area contributed by atoms with Gasteiger partial charge in [-0.3, -0.25) is 4.79 Å². The second-order valence-corrected chi connectivity index (χ2v) is 4.23. The first kappa shape index (κ1) is 11.9. The third-order valence-corrected chi connectivity index (χ3v) is 2.80. The molecule has 2 aromatic rings. The van der Waals surface area contributed by atoms with Crippen LogP contribution in [-0.2, 0) is 6.54 Å². The Balaban J connectivity index is 2.52. The highest BCUT2D eigenvalue weighted by molar-refractivity contribution is 6.31. The van der Waals surface area contributed by atoms with Crippen LogP contribution in [0.4, 0.5) is 0 Å². The predicted molar refractivity (Wildman–Crippen MR) is 68.4 cm³/mol. The highest BCUT2D eigenvalue weighted by Crippen LogP contribution is 2.24. The van der Waals surface area contributed by atoms with Crippen molar-refractivity contribution in [3.8, 4) is 11.4 Å². The average molecular weight is 249 g/mol. The quantitative estimate of drug-likeness (QED) is 0.777. The lowest BCUT2D eigenvalue weighted by Crippen LogP contribution is -2.00. The Bertz CT molecular complexity index is 534. The van der Waals surface area contributed by atoms with Crippen LogP contribution in [0.1, 0.15) is 23.7 Å². The minimum absolute atomic E-state index is 0.560. The van der Waals surface area contributed by atoms with Crippen LogP contribution in [0.2, 0.25) is 5.02 Å². The average Bonchev–Trinajstić information content (AvgIpc) is 2.77. The molecule has 0 N–H and O–H groups in total. The Morgan fingerprint density at radius 1 is 1.47 bits per heavy atom. The van der Waals surface area contributed by atoms with Crippen LogP contribution in [0.15, 0.2) is 30.6 Å². The lowest BCUT2D eigenvalue weighted by atomic mass is 10.1. The van der Waals surface area contributed by atoms with Gasteiger partial charge >= 0.3 is 0 Å². The fourth-order valence-electron chi connectivity index (χ4n) is 1.81. The molecule has 88 valence electrons. The maximum atomic E-state index is 11.0. The van der Waals surface area contributed by atoms with E-state index in [-0.39, 0.29) is 0 Å². The summed E-state index contributed by atoms with van der Waals surface area (Å²) in [6.07, 6.45) is 5.50. The molecule has 0 aliphatic carbocycles. The van der Waals surface area contributed by atoms with Gasteiger partial charge in [-0.05, 0) is 24.6 Å². The summed E-state index contributed by atoms with van der Waals surface area (Å²) < 4.78 is 2.04. The Hall–Kier alpha value is -1.61. The van der Waals surface area contributed by atoms with Crippen LogP contribution in [0.5, 0.6) is 0 Å². The van der Waals surface area contributed by atoms with E-state index in [0.717, 1.165) is 30.6 Å². The van der Waals surface area contributed by atoms with Gasteiger partial charge in [0.25, 0.3) is 0 Å². The molecule has 1 aromatic heterocycles. The van der Waals surface area contributed by atoms with Crippen LogP contribution in [-0.4, -0.2) is 15.8 Å². The summed E-state index contributed by atoms with van der Waals surface area (Å²) in [5.41, 5.74) is 1.39. The molecule has 0 radical (unpaired) electrons. The van der Waals surface area contributed by atoms with E-state index in [1.807, 2.05) is 16.8 Å². The first-order chi connectivity index (χ1) is 8.26. The molecule has 0 saturated heterocycles. The molecule has 1 aromatic carbocycles. The number of nitrogens with zero attached hydrogens (tertiary/aromatic N) is 2. The fourth-order valence-corrected chi connectivity index (χ4v) is 1.99. The van der Waals surface area contributed by atoms with Crippen LogP contribution in [0, 0.1) is 0 Å². The second-order valence-electron chi connectivity index (χ2n) is 3.79. The zero-order valence-electron chi connectivity index (χ0n) is 9.56. The summed E-state index contributed by atoms with van der Waals surface area (Å²) in [6.45, 7) is 2.99. The van der Waals surface area contributed by atoms with Crippen molar-refractivity contribution in [3.63, 3.8) is 0 Å². The molecule has 2 rings (SSSR count). The normalized spacial score (nSPS) is 10.5. The fraction of sp³-hybridized carbons (Fsp3) is 0.231. The summed E-state index contributed by atoms with van der Waals surface area (Å²) in [5.74, 6) is 0.811. The van der Waals surface area contributed by atoms with Crippen molar-refractivity contribution in [3.05, 3.63) is 41.2 Å². The van der Waals surface area contributed by atoms with Crippen molar-refractivity contribution >= 4 is 17.9 Å². The van der Waals surface area contributed by atoms with Gasteiger partial charge in [0.05, 0.1) is 0 Å². The van der Waals surface area contributed by atoms with E-state index in [1.165, 1.54) is 0 Å². The molecule has 1 heterocycles.